The summed E-state index contributed by atoms with van der Waals surface area (Å²) in [5, 5.41) is 0.579. The Morgan fingerprint density at radius 2 is 2.22 bits per heavy atom. The molecule has 1 aliphatic heterocycles. The third-order valence-corrected chi connectivity index (χ3v) is 3.38. The fraction of sp³-hybridized carbons (Fsp3) is 0.462. The van der Waals surface area contributed by atoms with Gasteiger partial charge in [0, 0.05) is 19.5 Å². The number of carbonyl (C=O) groups is 1. The monoisotopic (exact) mass is 268 g/mol. The molecule has 2 N–H and O–H groups in total. The van der Waals surface area contributed by atoms with Crippen molar-refractivity contribution in [2.45, 2.75) is 26.4 Å². The van der Waals surface area contributed by atoms with Gasteiger partial charge in [-0.05, 0) is 31.0 Å². The molecule has 0 aliphatic carbocycles. The number of rotatable bonds is 2. The number of nitrogens with two attached hydrogens (primary N) is 1. The van der Waals surface area contributed by atoms with Crippen LogP contribution in [0.15, 0.2) is 12.1 Å². The molecule has 0 bridgehead atoms. The second-order valence-corrected chi connectivity index (χ2v) is 5.00. The molecule has 1 amide bonds. The van der Waals surface area contributed by atoms with Gasteiger partial charge >= 0.3 is 6.09 Å². The maximum atomic E-state index is 11.9. The van der Waals surface area contributed by atoms with Crippen molar-refractivity contribution in [3.8, 4) is 0 Å². The summed E-state index contributed by atoms with van der Waals surface area (Å²) in [6.07, 6.45) is 0.176. The average Bonchev–Trinajstić information content (AvgIpc) is 2.29. The SMILES string of the molecule is Cc1cc(C)c(N2CCC(CN)OC2=O)c(Cl)c1. The fourth-order valence-corrected chi connectivity index (χ4v) is 2.67. The Hall–Kier alpha value is -1.26. The maximum absolute atomic E-state index is 11.9. The Balaban J connectivity index is 2.30. The molecule has 1 fully saturated rings. The quantitative estimate of drug-likeness (QED) is 0.897. The van der Waals surface area contributed by atoms with Gasteiger partial charge in [-0.2, -0.15) is 0 Å². The van der Waals surface area contributed by atoms with Crippen molar-refractivity contribution in [1.29, 1.82) is 0 Å². The topological polar surface area (TPSA) is 55.6 Å². The van der Waals surface area contributed by atoms with E-state index >= 15 is 0 Å². The van der Waals surface area contributed by atoms with Crippen LogP contribution < -0.4 is 10.6 Å². The molecule has 5 heteroatoms. The summed E-state index contributed by atoms with van der Waals surface area (Å²) in [5.74, 6) is 0. The summed E-state index contributed by atoms with van der Waals surface area (Å²) >= 11 is 6.23. The minimum absolute atomic E-state index is 0.182. The van der Waals surface area contributed by atoms with Crippen LogP contribution in [0.4, 0.5) is 10.5 Å². The van der Waals surface area contributed by atoms with Gasteiger partial charge in [0.05, 0.1) is 10.7 Å². The number of aryl methyl sites for hydroxylation is 2. The first kappa shape index (κ1) is 13.2. The van der Waals surface area contributed by atoms with E-state index in [9.17, 15) is 4.79 Å². The number of carbonyl (C=O) groups excluding carboxylic acids is 1. The molecular formula is C13H17ClN2O2. The van der Waals surface area contributed by atoms with E-state index in [2.05, 4.69) is 0 Å². The number of ether oxygens (including phenoxy) is 1. The smallest absolute Gasteiger partial charge is 0.414 e. The van der Waals surface area contributed by atoms with Gasteiger partial charge in [-0.1, -0.05) is 17.7 Å². The van der Waals surface area contributed by atoms with Crippen LogP contribution in [0.5, 0.6) is 0 Å². The zero-order chi connectivity index (χ0) is 13.3. The van der Waals surface area contributed by atoms with Gasteiger partial charge in [0.2, 0.25) is 0 Å². The number of hydrogen-bond acceptors (Lipinski definition) is 3. The Bertz CT molecular complexity index is 453. The van der Waals surface area contributed by atoms with E-state index < -0.39 is 0 Å². The Kier molecular flexibility index (Phi) is 3.78. The number of hydrogen-bond donors (Lipinski definition) is 1. The predicted molar refractivity (Wildman–Crippen MR) is 72.2 cm³/mol. The number of benzene rings is 1. The second-order valence-electron chi connectivity index (χ2n) is 4.59. The summed E-state index contributed by atoms with van der Waals surface area (Å²) in [6.45, 7) is 4.86. The first-order chi connectivity index (χ1) is 8.52. The van der Waals surface area contributed by atoms with E-state index in [1.165, 1.54) is 0 Å². The van der Waals surface area contributed by atoms with Crippen molar-refractivity contribution in [3.63, 3.8) is 0 Å². The Morgan fingerprint density at radius 3 is 2.78 bits per heavy atom. The van der Waals surface area contributed by atoms with Crippen molar-refractivity contribution in [3.05, 3.63) is 28.3 Å². The van der Waals surface area contributed by atoms with Crippen LogP contribution in [0.3, 0.4) is 0 Å². The van der Waals surface area contributed by atoms with Crippen LogP contribution >= 0.6 is 11.6 Å². The van der Waals surface area contributed by atoms with E-state index in [0.717, 1.165) is 23.2 Å². The predicted octanol–water partition coefficient (Wildman–Crippen LogP) is 2.63. The lowest BCUT2D eigenvalue weighted by Crippen LogP contribution is -2.45. The van der Waals surface area contributed by atoms with E-state index in [1.807, 2.05) is 26.0 Å². The summed E-state index contributed by atoms with van der Waals surface area (Å²) in [7, 11) is 0. The highest BCUT2D eigenvalue weighted by atomic mass is 35.5. The molecule has 0 spiro atoms. The number of anilines is 1. The van der Waals surface area contributed by atoms with E-state index in [1.54, 1.807) is 4.90 Å². The number of halogens is 1. The molecule has 1 aromatic rings. The van der Waals surface area contributed by atoms with Crippen molar-refractivity contribution in [2.24, 2.45) is 5.73 Å². The summed E-state index contributed by atoms with van der Waals surface area (Å²) in [5.41, 5.74) is 8.30. The van der Waals surface area contributed by atoms with Gasteiger partial charge in [0.25, 0.3) is 0 Å². The molecule has 0 radical (unpaired) electrons. The zero-order valence-corrected chi connectivity index (χ0v) is 11.3. The Labute approximate surface area is 112 Å². The summed E-state index contributed by atoms with van der Waals surface area (Å²) in [4.78, 5) is 13.5. The third-order valence-electron chi connectivity index (χ3n) is 3.09. The number of cyclic esters (lactones) is 1. The highest BCUT2D eigenvalue weighted by Gasteiger charge is 2.29. The minimum Gasteiger partial charge on any atom is -0.444 e. The molecule has 98 valence electrons. The van der Waals surface area contributed by atoms with Gasteiger partial charge in [-0.25, -0.2) is 4.79 Å². The van der Waals surface area contributed by atoms with E-state index in [-0.39, 0.29) is 12.2 Å². The third kappa shape index (κ3) is 2.44. The molecule has 2 rings (SSSR count). The fourth-order valence-electron chi connectivity index (χ4n) is 2.25. The molecule has 1 heterocycles. The standard InChI is InChI=1S/C13H17ClN2O2/c1-8-5-9(2)12(11(14)6-8)16-4-3-10(7-15)18-13(16)17/h5-6,10H,3-4,7,15H2,1-2H3. The molecule has 0 aromatic heterocycles. The van der Waals surface area contributed by atoms with Gasteiger partial charge < -0.3 is 10.5 Å². The normalized spacial score (nSPS) is 19.9. The molecule has 1 unspecified atom stereocenters. The van der Waals surface area contributed by atoms with Gasteiger partial charge in [0.15, 0.2) is 0 Å². The van der Waals surface area contributed by atoms with Gasteiger partial charge in [-0.3, -0.25) is 4.90 Å². The molecular weight excluding hydrogens is 252 g/mol. The van der Waals surface area contributed by atoms with E-state index in [4.69, 9.17) is 22.1 Å². The van der Waals surface area contributed by atoms with Crippen molar-refractivity contribution < 1.29 is 9.53 Å². The highest BCUT2D eigenvalue weighted by Crippen LogP contribution is 2.33. The van der Waals surface area contributed by atoms with Crippen LogP contribution in [0, 0.1) is 13.8 Å². The van der Waals surface area contributed by atoms with Gasteiger partial charge in [0.1, 0.15) is 6.10 Å². The average molecular weight is 269 g/mol. The van der Waals surface area contributed by atoms with Crippen LogP contribution in [-0.2, 0) is 4.74 Å². The minimum atomic E-state index is -0.370. The Morgan fingerprint density at radius 1 is 1.50 bits per heavy atom. The number of amides is 1. The van der Waals surface area contributed by atoms with Crippen molar-refractivity contribution >= 4 is 23.4 Å². The molecule has 1 aliphatic rings. The van der Waals surface area contributed by atoms with Crippen molar-refractivity contribution in [1.82, 2.24) is 0 Å². The molecule has 0 saturated carbocycles. The lowest BCUT2D eigenvalue weighted by atomic mass is 10.1. The van der Waals surface area contributed by atoms with Crippen LogP contribution in [0.25, 0.3) is 0 Å². The molecule has 1 saturated heterocycles. The highest BCUT2D eigenvalue weighted by molar-refractivity contribution is 6.34. The number of nitrogens with zero attached hydrogens (tertiary/aromatic N) is 1. The molecule has 18 heavy (non-hydrogen) atoms. The lowest BCUT2D eigenvalue weighted by molar-refractivity contribution is 0.0887. The first-order valence-corrected chi connectivity index (χ1v) is 6.35. The largest absolute Gasteiger partial charge is 0.444 e. The maximum Gasteiger partial charge on any atom is 0.414 e. The summed E-state index contributed by atoms with van der Waals surface area (Å²) in [6, 6.07) is 3.86. The van der Waals surface area contributed by atoms with Crippen LogP contribution in [0.2, 0.25) is 5.02 Å². The van der Waals surface area contributed by atoms with Gasteiger partial charge in [-0.15, -0.1) is 0 Å². The van der Waals surface area contributed by atoms with E-state index in [0.29, 0.717) is 18.1 Å². The van der Waals surface area contributed by atoms with Crippen LogP contribution in [-0.4, -0.2) is 25.3 Å². The lowest BCUT2D eigenvalue weighted by Gasteiger charge is -2.32. The second kappa shape index (κ2) is 5.16. The molecule has 4 nitrogen and oxygen atoms in total. The summed E-state index contributed by atoms with van der Waals surface area (Å²) < 4.78 is 5.25. The first-order valence-electron chi connectivity index (χ1n) is 5.98. The van der Waals surface area contributed by atoms with Crippen LogP contribution in [0.1, 0.15) is 17.5 Å². The van der Waals surface area contributed by atoms with Crippen molar-refractivity contribution in [2.75, 3.05) is 18.0 Å². The zero-order valence-electron chi connectivity index (χ0n) is 10.6. The molecule has 1 atom stereocenters. The molecule has 1 aromatic carbocycles.